The summed E-state index contributed by atoms with van der Waals surface area (Å²) in [5.74, 6) is 1.09. The summed E-state index contributed by atoms with van der Waals surface area (Å²) in [7, 11) is 0. The highest BCUT2D eigenvalue weighted by Crippen LogP contribution is 2.32. The van der Waals surface area contributed by atoms with Gasteiger partial charge in [-0.3, -0.25) is 4.79 Å². The first kappa shape index (κ1) is 12.9. The number of carbonyl (C=O) groups excluding carboxylic acids is 1. The number of aryl methyl sites for hydroxylation is 1. The first-order chi connectivity index (χ1) is 9.63. The van der Waals surface area contributed by atoms with Crippen LogP contribution in [-0.4, -0.2) is 5.97 Å². The first-order valence-electron chi connectivity index (χ1n) is 7.07. The largest absolute Gasteiger partial charge is 0.426 e. The lowest BCUT2D eigenvalue weighted by Gasteiger charge is -2.16. The van der Waals surface area contributed by atoms with E-state index in [1.54, 1.807) is 0 Å². The predicted molar refractivity (Wildman–Crippen MR) is 79.9 cm³/mol. The zero-order valence-electron chi connectivity index (χ0n) is 11.8. The number of rotatable bonds is 2. The zero-order valence-corrected chi connectivity index (χ0v) is 11.8. The summed E-state index contributed by atoms with van der Waals surface area (Å²) in [6, 6.07) is 14.7. The van der Waals surface area contributed by atoms with Gasteiger partial charge in [0.2, 0.25) is 0 Å². The summed E-state index contributed by atoms with van der Waals surface area (Å²) >= 11 is 0. The SMILES string of the molecule is CC(C)c1cccc(-c2ccc3c(c2)OC(=O)CC3)c1. The van der Waals surface area contributed by atoms with Crippen molar-refractivity contribution in [2.45, 2.75) is 32.6 Å². The van der Waals surface area contributed by atoms with Gasteiger partial charge in [-0.1, -0.05) is 50.2 Å². The van der Waals surface area contributed by atoms with Crippen molar-refractivity contribution in [3.05, 3.63) is 53.6 Å². The standard InChI is InChI=1S/C18H18O2/c1-12(2)14-4-3-5-15(10-14)16-7-6-13-8-9-18(19)20-17(13)11-16/h3-7,10-12H,8-9H2,1-2H3. The van der Waals surface area contributed by atoms with E-state index in [1.807, 2.05) is 6.07 Å². The molecule has 2 heteroatoms. The molecule has 1 aliphatic heterocycles. The van der Waals surface area contributed by atoms with E-state index in [0.29, 0.717) is 18.1 Å². The van der Waals surface area contributed by atoms with Crippen molar-refractivity contribution in [1.29, 1.82) is 0 Å². The molecule has 2 aromatic carbocycles. The lowest BCUT2D eigenvalue weighted by atomic mass is 9.95. The Hall–Kier alpha value is -2.09. The van der Waals surface area contributed by atoms with Crippen LogP contribution in [0.15, 0.2) is 42.5 Å². The Bertz CT molecular complexity index is 656. The molecule has 0 unspecified atom stereocenters. The number of fused-ring (bicyclic) bond motifs is 1. The molecule has 20 heavy (non-hydrogen) atoms. The maximum atomic E-state index is 11.4. The van der Waals surface area contributed by atoms with Crippen LogP contribution in [0.2, 0.25) is 0 Å². The molecule has 0 saturated carbocycles. The van der Waals surface area contributed by atoms with Crippen molar-refractivity contribution >= 4 is 5.97 Å². The van der Waals surface area contributed by atoms with E-state index in [-0.39, 0.29) is 5.97 Å². The van der Waals surface area contributed by atoms with Crippen molar-refractivity contribution < 1.29 is 9.53 Å². The highest BCUT2D eigenvalue weighted by molar-refractivity contribution is 5.77. The summed E-state index contributed by atoms with van der Waals surface area (Å²) in [6.45, 7) is 4.38. The van der Waals surface area contributed by atoms with Crippen molar-refractivity contribution in [3.63, 3.8) is 0 Å². The van der Waals surface area contributed by atoms with Crippen LogP contribution in [0.5, 0.6) is 5.75 Å². The van der Waals surface area contributed by atoms with E-state index in [4.69, 9.17) is 4.74 Å². The maximum absolute atomic E-state index is 11.4. The Kier molecular flexibility index (Phi) is 3.31. The smallest absolute Gasteiger partial charge is 0.311 e. The third-order valence-corrected chi connectivity index (χ3v) is 3.78. The van der Waals surface area contributed by atoms with Gasteiger partial charge in [-0.05, 0) is 40.7 Å². The molecular weight excluding hydrogens is 248 g/mol. The molecule has 1 aliphatic rings. The molecular formula is C18H18O2. The Morgan fingerprint density at radius 3 is 2.60 bits per heavy atom. The molecule has 0 aliphatic carbocycles. The van der Waals surface area contributed by atoms with E-state index < -0.39 is 0 Å². The fraction of sp³-hybridized carbons (Fsp3) is 0.278. The van der Waals surface area contributed by atoms with Crippen LogP contribution in [0.1, 0.15) is 37.3 Å². The minimum atomic E-state index is -0.134. The topological polar surface area (TPSA) is 26.3 Å². The highest BCUT2D eigenvalue weighted by atomic mass is 16.5. The van der Waals surface area contributed by atoms with Crippen molar-refractivity contribution in [1.82, 2.24) is 0 Å². The van der Waals surface area contributed by atoms with E-state index in [2.05, 4.69) is 50.2 Å². The van der Waals surface area contributed by atoms with E-state index >= 15 is 0 Å². The molecule has 0 fully saturated rings. The van der Waals surface area contributed by atoms with Crippen LogP contribution >= 0.6 is 0 Å². The molecule has 2 nitrogen and oxygen atoms in total. The van der Waals surface area contributed by atoms with Crippen LogP contribution in [0.4, 0.5) is 0 Å². The lowest BCUT2D eigenvalue weighted by Crippen LogP contribution is -2.15. The molecule has 0 radical (unpaired) electrons. The summed E-state index contributed by atoms with van der Waals surface area (Å²) in [6.07, 6.45) is 1.26. The van der Waals surface area contributed by atoms with Crippen LogP contribution in [0.25, 0.3) is 11.1 Å². The van der Waals surface area contributed by atoms with Crippen LogP contribution in [-0.2, 0) is 11.2 Å². The van der Waals surface area contributed by atoms with Gasteiger partial charge in [-0.2, -0.15) is 0 Å². The summed E-state index contributed by atoms with van der Waals surface area (Å²) < 4.78 is 5.33. The molecule has 0 bridgehead atoms. The van der Waals surface area contributed by atoms with E-state index in [9.17, 15) is 4.79 Å². The second-order valence-electron chi connectivity index (χ2n) is 5.58. The maximum Gasteiger partial charge on any atom is 0.311 e. The number of esters is 1. The zero-order chi connectivity index (χ0) is 14.1. The van der Waals surface area contributed by atoms with Gasteiger partial charge in [-0.15, -0.1) is 0 Å². The normalized spacial score (nSPS) is 14.1. The van der Waals surface area contributed by atoms with Gasteiger partial charge in [0.25, 0.3) is 0 Å². The Morgan fingerprint density at radius 2 is 1.80 bits per heavy atom. The molecule has 2 aromatic rings. The molecule has 0 spiro atoms. The van der Waals surface area contributed by atoms with Gasteiger partial charge in [0.05, 0.1) is 6.42 Å². The predicted octanol–water partition coefficient (Wildman–Crippen LogP) is 4.33. The van der Waals surface area contributed by atoms with E-state index in [1.165, 1.54) is 11.1 Å². The minimum Gasteiger partial charge on any atom is -0.426 e. The Balaban J connectivity index is 2.00. The van der Waals surface area contributed by atoms with Gasteiger partial charge in [0.1, 0.15) is 5.75 Å². The van der Waals surface area contributed by atoms with Gasteiger partial charge in [-0.25, -0.2) is 0 Å². The molecule has 102 valence electrons. The second kappa shape index (κ2) is 5.12. The van der Waals surface area contributed by atoms with Gasteiger partial charge in [0.15, 0.2) is 0 Å². The highest BCUT2D eigenvalue weighted by Gasteiger charge is 2.17. The van der Waals surface area contributed by atoms with Crippen LogP contribution < -0.4 is 4.74 Å². The molecule has 1 heterocycles. The molecule has 0 N–H and O–H groups in total. The Morgan fingerprint density at radius 1 is 1.00 bits per heavy atom. The monoisotopic (exact) mass is 266 g/mol. The quantitative estimate of drug-likeness (QED) is 0.597. The summed E-state index contributed by atoms with van der Waals surface area (Å²) in [5.41, 5.74) is 4.70. The summed E-state index contributed by atoms with van der Waals surface area (Å²) in [4.78, 5) is 11.4. The van der Waals surface area contributed by atoms with Crippen molar-refractivity contribution in [2.24, 2.45) is 0 Å². The van der Waals surface area contributed by atoms with E-state index in [0.717, 1.165) is 17.5 Å². The first-order valence-corrected chi connectivity index (χ1v) is 7.07. The Labute approximate surface area is 119 Å². The minimum absolute atomic E-state index is 0.134. The average molecular weight is 266 g/mol. The van der Waals surface area contributed by atoms with Crippen LogP contribution in [0.3, 0.4) is 0 Å². The number of ether oxygens (including phenoxy) is 1. The second-order valence-corrected chi connectivity index (χ2v) is 5.58. The molecule has 0 amide bonds. The molecule has 0 saturated heterocycles. The van der Waals surface area contributed by atoms with Gasteiger partial charge >= 0.3 is 5.97 Å². The number of benzene rings is 2. The molecule has 0 aromatic heterocycles. The lowest BCUT2D eigenvalue weighted by molar-refractivity contribution is -0.135. The third-order valence-electron chi connectivity index (χ3n) is 3.78. The van der Waals surface area contributed by atoms with Gasteiger partial charge in [0, 0.05) is 0 Å². The summed E-state index contributed by atoms with van der Waals surface area (Å²) in [5, 5.41) is 0. The third kappa shape index (κ3) is 2.46. The average Bonchev–Trinajstić information content (AvgIpc) is 2.46. The molecule has 0 atom stereocenters. The fourth-order valence-electron chi connectivity index (χ4n) is 2.52. The number of hydrogen-bond donors (Lipinski definition) is 0. The van der Waals surface area contributed by atoms with Crippen molar-refractivity contribution in [2.75, 3.05) is 0 Å². The molecule has 3 rings (SSSR count). The fourth-order valence-corrected chi connectivity index (χ4v) is 2.52. The van der Waals surface area contributed by atoms with Crippen molar-refractivity contribution in [3.8, 4) is 16.9 Å². The van der Waals surface area contributed by atoms with Gasteiger partial charge < -0.3 is 4.74 Å². The van der Waals surface area contributed by atoms with Crippen LogP contribution in [0, 0.1) is 0 Å². The number of hydrogen-bond acceptors (Lipinski definition) is 2. The number of carbonyl (C=O) groups is 1.